The molecule has 1 rings (SSSR count). The molecule has 0 aliphatic rings. The molecule has 2 N–H and O–H groups in total. The normalized spacial score (nSPS) is 10.0. The molecule has 0 unspecified atom stereocenters. The predicted octanol–water partition coefficient (Wildman–Crippen LogP) is 2.08. The van der Waals surface area contributed by atoms with Crippen LogP contribution >= 0.6 is 15.9 Å². The van der Waals surface area contributed by atoms with Crippen LogP contribution in [0.2, 0.25) is 0 Å². The number of alkyl halides is 1. The topological polar surface area (TPSA) is 26.0 Å². The van der Waals surface area contributed by atoms with Crippen molar-refractivity contribution in [3.63, 3.8) is 0 Å². The number of hydrogen-bond donors (Lipinski definition) is 1. The minimum atomic E-state index is 0.635. The number of hydrogen-bond acceptors (Lipinski definition) is 1. The Morgan fingerprint density at radius 3 is 2.64 bits per heavy atom. The number of halogens is 1. The first-order chi connectivity index (χ1) is 5.36. The zero-order valence-electron chi connectivity index (χ0n) is 6.39. The lowest BCUT2D eigenvalue weighted by Crippen LogP contribution is -1.97. The van der Waals surface area contributed by atoms with Crippen LogP contribution in [-0.4, -0.2) is 5.33 Å². The Kier molecular flexibility index (Phi) is 3.60. The van der Waals surface area contributed by atoms with Gasteiger partial charge in [-0.15, -0.1) is 0 Å². The average Bonchev–Trinajstić information content (AvgIpc) is 2.06. The molecule has 1 nitrogen and oxygen atoms in total. The number of benzene rings is 1. The van der Waals surface area contributed by atoms with Gasteiger partial charge in [0, 0.05) is 11.9 Å². The summed E-state index contributed by atoms with van der Waals surface area (Å²) in [6.45, 7) is 0.635. The van der Waals surface area contributed by atoms with E-state index in [4.69, 9.17) is 5.73 Å². The van der Waals surface area contributed by atoms with E-state index in [9.17, 15) is 0 Å². The zero-order valence-corrected chi connectivity index (χ0v) is 7.97. The van der Waals surface area contributed by atoms with Crippen LogP contribution in [-0.2, 0) is 13.0 Å². The Hall–Kier alpha value is -0.340. The molecule has 0 atom stereocenters. The minimum absolute atomic E-state index is 0.635. The Balaban J connectivity index is 2.74. The molecular formula is C9H12BrN. The van der Waals surface area contributed by atoms with Crippen LogP contribution in [0.15, 0.2) is 24.3 Å². The molecule has 0 spiro atoms. The Labute approximate surface area is 75.7 Å². The summed E-state index contributed by atoms with van der Waals surface area (Å²) in [5.74, 6) is 0. The van der Waals surface area contributed by atoms with Crippen LogP contribution in [0.5, 0.6) is 0 Å². The third-order valence-corrected chi connectivity index (χ3v) is 2.01. The summed E-state index contributed by atoms with van der Waals surface area (Å²) in [5.41, 5.74) is 8.07. The smallest absolute Gasteiger partial charge is 0.0178 e. The molecule has 0 aliphatic heterocycles. The van der Waals surface area contributed by atoms with Gasteiger partial charge in [0.05, 0.1) is 0 Å². The zero-order chi connectivity index (χ0) is 8.10. The molecule has 1 aromatic rings. The molecular weight excluding hydrogens is 202 g/mol. The van der Waals surface area contributed by atoms with Crippen LogP contribution in [0.25, 0.3) is 0 Å². The van der Waals surface area contributed by atoms with Gasteiger partial charge in [-0.1, -0.05) is 40.2 Å². The van der Waals surface area contributed by atoms with Crippen LogP contribution in [0.1, 0.15) is 11.1 Å². The minimum Gasteiger partial charge on any atom is -0.326 e. The second kappa shape index (κ2) is 4.52. The number of aryl methyl sites for hydroxylation is 1. The quantitative estimate of drug-likeness (QED) is 0.766. The first-order valence-corrected chi connectivity index (χ1v) is 4.83. The largest absolute Gasteiger partial charge is 0.326 e. The lowest BCUT2D eigenvalue weighted by Gasteiger charge is -2.00. The van der Waals surface area contributed by atoms with Crippen molar-refractivity contribution >= 4 is 15.9 Å². The fraction of sp³-hybridized carbons (Fsp3) is 0.333. The van der Waals surface area contributed by atoms with E-state index in [0.717, 1.165) is 11.8 Å². The third-order valence-electron chi connectivity index (χ3n) is 1.61. The molecule has 1 aromatic carbocycles. The maximum absolute atomic E-state index is 5.50. The summed E-state index contributed by atoms with van der Waals surface area (Å²) in [7, 11) is 0. The van der Waals surface area contributed by atoms with Gasteiger partial charge < -0.3 is 5.73 Å². The molecule has 0 saturated heterocycles. The van der Waals surface area contributed by atoms with Crippen molar-refractivity contribution in [1.29, 1.82) is 0 Å². The Bertz CT molecular complexity index is 223. The highest BCUT2D eigenvalue weighted by Gasteiger charge is 1.92. The van der Waals surface area contributed by atoms with Gasteiger partial charge in [0.15, 0.2) is 0 Å². The summed E-state index contributed by atoms with van der Waals surface area (Å²) < 4.78 is 0. The van der Waals surface area contributed by atoms with Crippen molar-refractivity contribution in [2.24, 2.45) is 5.73 Å². The van der Waals surface area contributed by atoms with E-state index < -0.39 is 0 Å². The highest BCUT2D eigenvalue weighted by Crippen LogP contribution is 2.06. The maximum Gasteiger partial charge on any atom is 0.0178 e. The number of nitrogens with two attached hydrogens (primary N) is 1. The lowest BCUT2D eigenvalue weighted by molar-refractivity contribution is 1.05. The first-order valence-electron chi connectivity index (χ1n) is 3.70. The molecule has 2 heteroatoms. The van der Waals surface area contributed by atoms with Crippen LogP contribution < -0.4 is 5.73 Å². The fourth-order valence-corrected chi connectivity index (χ4v) is 1.48. The van der Waals surface area contributed by atoms with E-state index in [1.165, 1.54) is 11.1 Å². The molecule has 0 heterocycles. The highest BCUT2D eigenvalue weighted by atomic mass is 79.9. The highest BCUT2D eigenvalue weighted by molar-refractivity contribution is 9.09. The van der Waals surface area contributed by atoms with Gasteiger partial charge in [-0.25, -0.2) is 0 Å². The molecule has 0 aromatic heterocycles. The lowest BCUT2D eigenvalue weighted by atomic mass is 10.1. The molecule has 0 amide bonds. The predicted molar refractivity (Wildman–Crippen MR) is 51.8 cm³/mol. The van der Waals surface area contributed by atoms with Crippen LogP contribution in [0.3, 0.4) is 0 Å². The van der Waals surface area contributed by atoms with Crippen molar-refractivity contribution in [3.8, 4) is 0 Å². The summed E-state index contributed by atoms with van der Waals surface area (Å²) in [6, 6.07) is 8.39. The van der Waals surface area contributed by atoms with Gasteiger partial charge >= 0.3 is 0 Å². The van der Waals surface area contributed by atoms with Gasteiger partial charge in [-0.3, -0.25) is 0 Å². The van der Waals surface area contributed by atoms with Gasteiger partial charge in [-0.05, 0) is 17.5 Å². The second-order valence-corrected chi connectivity index (χ2v) is 3.26. The maximum atomic E-state index is 5.50. The van der Waals surface area contributed by atoms with E-state index in [1.807, 2.05) is 0 Å². The van der Waals surface area contributed by atoms with Crippen molar-refractivity contribution in [2.45, 2.75) is 13.0 Å². The molecule has 0 fully saturated rings. The van der Waals surface area contributed by atoms with Crippen molar-refractivity contribution in [2.75, 3.05) is 5.33 Å². The molecule has 11 heavy (non-hydrogen) atoms. The van der Waals surface area contributed by atoms with E-state index in [1.54, 1.807) is 0 Å². The van der Waals surface area contributed by atoms with E-state index in [-0.39, 0.29) is 0 Å². The SMILES string of the molecule is NCc1cccc(CCBr)c1. The molecule has 0 bridgehead atoms. The second-order valence-electron chi connectivity index (χ2n) is 2.46. The molecule has 0 radical (unpaired) electrons. The van der Waals surface area contributed by atoms with Gasteiger partial charge in [0.2, 0.25) is 0 Å². The van der Waals surface area contributed by atoms with E-state index in [0.29, 0.717) is 6.54 Å². The van der Waals surface area contributed by atoms with Crippen LogP contribution in [0.4, 0.5) is 0 Å². The first kappa shape index (κ1) is 8.75. The van der Waals surface area contributed by atoms with Crippen molar-refractivity contribution < 1.29 is 0 Å². The summed E-state index contributed by atoms with van der Waals surface area (Å²) >= 11 is 3.40. The third kappa shape index (κ3) is 2.64. The Morgan fingerprint density at radius 1 is 1.27 bits per heavy atom. The Morgan fingerprint density at radius 2 is 2.00 bits per heavy atom. The van der Waals surface area contributed by atoms with E-state index >= 15 is 0 Å². The van der Waals surface area contributed by atoms with Gasteiger partial charge in [0.1, 0.15) is 0 Å². The fourth-order valence-electron chi connectivity index (χ4n) is 1.02. The average molecular weight is 214 g/mol. The van der Waals surface area contributed by atoms with E-state index in [2.05, 4.69) is 40.2 Å². The monoisotopic (exact) mass is 213 g/mol. The molecule has 0 saturated carbocycles. The summed E-state index contributed by atoms with van der Waals surface area (Å²) in [6.07, 6.45) is 1.08. The summed E-state index contributed by atoms with van der Waals surface area (Å²) in [4.78, 5) is 0. The van der Waals surface area contributed by atoms with Crippen LogP contribution in [0, 0.1) is 0 Å². The molecule has 0 aliphatic carbocycles. The van der Waals surface area contributed by atoms with Gasteiger partial charge in [-0.2, -0.15) is 0 Å². The van der Waals surface area contributed by atoms with Gasteiger partial charge in [0.25, 0.3) is 0 Å². The standard InChI is InChI=1S/C9H12BrN/c10-5-4-8-2-1-3-9(6-8)7-11/h1-3,6H,4-5,7,11H2. The molecule has 60 valence electrons. The number of rotatable bonds is 3. The van der Waals surface area contributed by atoms with Crippen molar-refractivity contribution in [1.82, 2.24) is 0 Å². The van der Waals surface area contributed by atoms with Crippen molar-refractivity contribution in [3.05, 3.63) is 35.4 Å². The summed E-state index contributed by atoms with van der Waals surface area (Å²) in [5, 5.41) is 1.01.